The van der Waals surface area contributed by atoms with Crippen LogP contribution in [0.2, 0.25) is 0 Å². The maximum atomic E-state index is 12.0. The number of aliphatic carboxylic acids is 1. The standard InChI is InChI=1S/C9H15F3N2O3/c1-6(8(16)17)13(2)4-7(15)14(3)5-9(10,11)12/h6H,4-5H2,1-3H3,(H,16,17). The van der Waals surface area contributed by atoms with Crippen molar-refractivity contribution in [2.45, 2.75) is 19.1 Å². The Morgan fingerprint density at radius 2 is 1.76 bits per heavy atom. The maximum Gasteiger partial charge on any atom is 0.406 e. The molecule has 1 unspecified atom stereocenters. The van der Waals surface area contributed by atoms with Gasteiger partial charge in [-0.05, 0) is 14.0 Å². The number of nitrogens with zero attached hydrogens (tertiary/aromatic N) is 2. The highest BCUT2D eigenvalue weighted by molar-refractivity contribution is 5.79. The Bertz CT molecular complexity index is 294. The second-order valence-corrected chi connectivity index (χ2v) is 3.79. The van der Waals surface area contributed by atoms with Gasteiger partial charge < -0.3 is 10.0 Å². The summed E-state index contributed by atoms with van der Waals surface area (Å²) in [5.74, 6) is -1.92. The largest absolute Gasteiger partial charge is 0.480 e. The third-order valence-electron chi connectivity index (χ3n) is 2.25. The molecule has 0 aromatic heterocycles. The van der Waals surface area contributed by atoms with Gasteiger partial charge in [-0.3, -0.25) is 14.5 Å². The number of carbonyl (C=O) groups excluding carboxylic acids is 1. The molecule has 0 aliphatic heterocycles. The lowest BCUT2D eigenvalue weighted by Crippen LogP contribution is -2.45. The Hall–Kier alpha value is -1.31. The van der Waals surface area contributed by atoms with Crippen molar-refractivity contribution in [2.75, 3.05) is 27.2 Å². The average Bonchev–Trinajstić information content (AvgIpc) is 2.13. The van der Waals surface area contributed by atoms with E-state index in [1.165, 1.54) is 14.0 Å². The molecule has 1 N–H and O–H groups in total. The molecular formula is C9H15F3N2O3. The number of alkyl halides is 3. The number of hydrogen-bond donors (Lipinski definition) is 1. The van der Waals surface area contributed by atoms with Crippen LogP contribution in [-0.4, -0.2) is 66.2 Å². The number of carbonyl (C=O) groups is 2. The van der Waals surface area contributed by atoms with Crippen molar-refractivity contribution in [3.05, 3.63) is 0 Å². The van der Waals surface area contributed by atoms with Crippen LogP contribution in [0.4, 0.5) is 13.2 Å². The predicted octanol–water partition coefficient (Wildman–Crippen LogP) is 0.412. The normalized spacial score (nSPS) is 13.6. The second-order valence-electron chi connectivity index (χ2n) is 3.79. The number of halogens is 3. The van der Waals surface area contributed by atoms with Crippen molar-refractivity contribution in [3.63, 3.8) is 0 Å². The fourth-order valence-electron chi connectivity index (χ4n) is 1.02. The van der Waals surface area contributed by atoms with E-state index in [-0.39, 0.29) is 6.54 Å². The van der Waals surface area contributed by atoms with Gasteiger partial charge in [0.2, 0.25) is 5.91 Å². The molecule has 0 saturated carbocycles. The third-order valence-corrected chi connectivity index (χ3v) is 2.25. The fourth-order valence-corrected chi connectivity index (χ4v) is 1.02. The Kier molecular flexibility index (Phi) is 5.40. The molecule has 0 radical (unpaired) electrons. The molecule has 0 saturated heterocycles. The van der Waals surface area contributed by atoms with Crippen LogP contribution in [0.15, 0.2) is 0 Å². The molecule has 0 spiro atoms. The summed E-state index contributed by atoms with van der Waals surface area (Å²) in [6.07, 6.45) is -4.46. The zero-order valence-electron chi connectivity index (χ0n) is 9.78. The number of likely N-dealkylation sites (N-methyl/N-ethyl adjacent to an activating group) is 2. The Morgan fingerprint density at radius 3 is 2.12 bits per heavy atom. The topological polar surface area (TPSA) is 60.9 Å². The van der Waals surface area contributed by atoms with Crippen molar-refractivity contribution in [1.82, 2.24) is 9.80 Å². The molecule has 0 fully saturated rings. The lowest BCUT2D eigenvalue weighted by molar-refractivity contribution is -0.159. The van der Waals surface area contributed by atoms with Crippen LogP contribution in [0, 0.1) is 0 Å². The average molecular weight is 256 g/mol. The minimum Gasteiger partial charge on any atom is -0.480 e. The minimum atomic E-state index is -4.46. The molecule has 0 aliphatic carbocycles. The van der Waals surface area contributed by atoms with Crippen LogP contribution < -0.4 is 0 Å². The highest BCUT2D eigenvalue weighted by Crippen LogP contribution is 2.15. The van der Waals surface area contributed by atoms with E-state index >= 15 is 0 Å². The monoisotopic (exact) mass is 256 g/mol. The van der Waals surface area contributed by atoms with E-state index in [4.69, 9.17) is 5.11 Å². The van der Waals surface area contributed by atoms with Crippen molar-refractivity contribution >= 4 is 11.9 Å². The van der Waals surface area contributed by atoms with Crippen molar-refractivity contribution < 1.29 is 27.9 Å². The van der Waals surface area contributed by atoms with Crippen LogP contribution in [0.5, 0.6) is 0 Å². The summed E-state index contributed by atoms with van der Waals surface area (Å²) in [7, 11) is 2.38. The molecule has 0 aromatic rings. The quantitative estimate of drug-likeness (QED) is 0.774. The minimum absolute atomic E-state index is 0.375. The van der Waals surface area contributed by atoms with Gasteiger partial charge in [0.1, 0.15) is 12.6 Å². The first kappa shape index (κ1) is 15.7. The zero-order chi connectivity index (χ0) is 13.8. The van der Waals surface area contributed by atoms with Crippen LogP contribution >= 0.6 is 0 Å². The number of carboxylic acid groups (broad SMARTS) is 1. The highest BCUT2D eigenvalue weighted by Gasteiger charge is 2.31. The first-order valence-electron chi connectivity index (χ1n) is 4.78. The number of carboxylic acids is 1. The van der Waals surface area contributed by atoms with Crippen LogP contribution in [0.25, 0.3) is 0 Å². The van der Waals surface area contributed by atoms with E-state index < -0.39 is 30.6 Å². The van der Waals surface area contributed by atoms with E-state index in [9.17, 15) is 22.8 Å². The van der Waals surface area contributed by atoms with E-state index in [1.54, 1.807) is 0 Å². The SMILES string of the molecule is CC(C(=O)O)N(C)CC(=O)N(C)CC(F)(F)F. The van der Waals surface area contributed by atoms with E-state index in [2.05, 4.69) is 0 Å². The zero-order valence-corrected chi connectivity index (χ0v) is 9.78. The third kappa shape index (κ3) is 6.10. The van der Waals surface area contributed by atoms with Gasteiger partial charge in [-0.25, -0.2) is 0 Å². The molecule has 8 heteroatoms. The van der Waals surface area contributed by atoms with Crippen molar-refractivity contribution in [1.29, 1.82) is 0 Å². The van der Waals surface area contributed by atoms with E-state index in [0.717, 1.165) is 11.9 Å². The summed E-state index contributed by atoms with van der Waals surface area (Å²) in [5.41, 5.74) is 0. The molecule has 1 atom stereocenters. The smallest absolute Gasteiger partial charge is 0.406 e. The molecule has 0 aromatic carbocycles. The van der Waals surface area contributed by atoms with E-state index in [0.29, 0.717) is 4.90 Å². The van der Waals surface area contributed by atoms with Gasteiger partial charge in [-0.1, -0.05) is 0 Å². The molecule has 0 rings (SSSR count). The summed E-state index contributed by atoms with van der Waals surface area (Å²) >= 11 is 0. The van der Waals surface area contributed by atoms with Gasteiger partial charge >= 0.3 is 12.1 Å². The highest BCUT2D eigenvalue weighted by atomic mass is 19.4. The lowest BCUT2D eigenvalue weighted by atomic mass is 10.3. The summed E-state index contributed by atoms with van der Waals surface area (Å²) in [5, 5.41) is 8.64. The summed E-state index contributed by atoms with van der Waals surface area (Å²) < 4.78 is 36.0. The Balaban J connectivity index is 4.30. The Labute approximate surface area is 96.8 Å². The molecule has 0 bridgehead atoms. The number of hydrogen-bond acceptors (Lipinski definition) is 3. The van der Waals surface area contributed by atoms with Gasteiger partial charge in [-0.2, -0.15) is 13.2 Å². The van der Waals surface area contributed by atoms with Crippen LogP contribution in [-0.2, 0) is 9.59 Å². The number of amides is 1. The van der Waals surface area contributed by atoms with Crippen molar-refractivity contribution in [3.8, 4) is 0 Å². The first-order valence-corrected chi connectivity index (χ1v) is 4.78. The fraction of sp³-hybridized carbons (Fsp3) is 0.778. The molecule has 0 heterocycles. The summed E-state index contributed by atoms with van der Waals surface area (Å²) in [6, 6.07) is -0.932. The first-order chi connectivity index (χ1) is 7.54. The molecule has 1 amide bonds. The van der Waals surface area contributed by atoms with Gasteiger partial charge in [0.15, 0.2) is 0 Å². The van der Waals surface area contributed by atoms with Gasteiger partial charge in [0, 0.05) is 7.05 Å². The van der Waals surface area contributed by atoms with Crippen molar-refractivity contribution in [2.24, 2.45) is 0 Å². The second kappa shape index (κ2) is 5.85. The van der Waals surface area contributed by atoms with Crippen LogP contribution in [0.1, 0.15) is 6.92 Å². The molecule has 100 valence electrons. The van der Waals surface area contributed by atoms with Crippen LogP contribution in [0.3, 0.4) is 0 Å². The Morgan fingerprint density at radius 1 is 1.29 bits per heavy atom. The number of rotatable bonds is 5. The lowest BCUT2D eigenvalue weighted by Gasteiger charge is -2.24. The van der Waals surface area contributed by atoms with Gasteiger partial charge in [0.25, 0.3) is 0 Å². The molecule has 5 nitrogen and oxygen atoms in total. The van der Waals surface area contributed by atoms with Gasteiger partial charge in [-0.15, -0.1) is 0 Å². The predicted molar refractivity (Wildman–Crippen MR) is 53.4 cm³/mol. The summed E-state index contributed by atoms with van der Waals surface area (Å²) in [4.78, 5) is 23.6. The molecule has 0 aliphatic rings. The summed E-state index contributed by atoms with van der Waals surface area (Å²) in [6.45, 7) is -0.374. The van der Waals surface area contributed by atoms with E-state index in [1.807, 2.05) is 0 Å². The molecular weight excluding hydrogens is 241 g/mol. The van der Waals surface area contributed by atoms with Gasteiger partial charge in [0.05, 0.1) is 6.54 Å². The maximum absolute atomic E-state index is 12.0. The molecule has 17 heavy (non-hydrogen) atoms.